The van der Waals surface area contributed by atoms with Crippen molar-refractivity contribution < 1.29 is 9.13 Å². The lowest BCUT2D eigenvalue weighted by atomic mass is 10.2. The molecule has 1 N–H and O–H groups in total. The zero-order valence-corrected chi connectivity index (χ0v) is 12.6. The smallest absolute Gasteiger partial charge is 0.322 e. The number of benzene rings is 1. The van der Waals surface area contributed by atoms with Crippen molar-refractivity contribution in [2.24, 2.45) is 5.92 Å². The van der Waals surface area contributed by atoms with Gasteiger partial charge in [0.05, 0.1) is 0 Å². The standard InChI is InChI=1S/C16H20FN3O/c1-11(2)8-18-9-13-10-19-16(20-12(13)3)21-15-6-4-14(17)5-7-15/h4-7,10-11,18H,8-9H2,1-3H3. The van der Waals surface area contributed by atoms with E-state index in [1.54, 1.807) is 18.3 Å². The minimum Gasteiger partial charge on any atom is -0.424 e. The molecule has 0 aliphatic heterocycles. The maximum Gasteiger partial charge on any atom is 0.322 e. The monoisotopic (exact) mass is 289 g/mol. The predicted molar refractivity (Wildman–Crippen MR) is 79.8 cm³/mol. The van der Waals surface area contributed by atoms with Crippen LogP contribution in [0.3, 0.4) is 0 Å². The Balaban J connectivity index is 1.99. The van der Waals surface area contributed by atoms with Gasteiger partial charge in [-0.2, -0.15) is 4.98 Å². The third kappa shape index (κ3) is 4.79. The van der Waals surface area contributed by atoms with Crippen LogP contribution in [0.5, 0.6) is 11.8 Å². The predicted octanol–water partition coefficient (Wildman–Crippen LogP) is 3.46. The fourth-order valence-corrected chi connectivity index (χ4v) is 1.80. The second-order valence-corrected chi connectivity index (χ2v) is 5.34. The first-order chi connectivity index (χ1) is 10.0. The number of rotatable bonds is 6. The normalized spacial score (nSPS) is 10.9. The molecule has 21 heavy (non-hydrogen) atoms. The van der Waals surface area contributed by atoms with Gasteiger partial charge in [-0.05, 0) is 43.7 Å². The van der Waals surface area contributed by atoms with E-state index >= 15 is 0 Å². The molecular weight excluding hydrogens is 269 g/mol. The summed E-state index contributed by atoms with van der Waals surface area (Å²) in [4.78, 5) is 8.51. The molecule has 0 aliphatic carbocycles. The summed E-state index contributed by atoms with van der Waals surface area (Å²) in [5, 5.41) is 3.35. The molecule has 2 aromatic rings. The number of hydrogen-bond donors (Lipinski definition) is 1. The van der Waals surface area contributed by atoms with Gasteiger partial charge in [-0.25, -0.2) is 9.37 Å². The molecule has 4 nitrogen and oxygen atoms in total. The molecule has 2 rings (SSSR count). The number of hydrogen-bond acceptors (Lipinski definition) is 4. The Morgan fingerprint density at radius 2 is 1.95 bits per heavy atom. The van der Waals surface area contributed by atoms with Gasteiger partial charge in [0.2, 0.25) is 0 Å². The average molecular weight is 289 g/mol. The Kier molecular flexibility index (Phi) is 5.22. The lowest BCUT2D eigenvalue weighted by Gasteiger charge is -2.10. The van der Waals surface area contributed by atoms with Gasteiger partial charge >= 0.3 is 6.01 Å². The van der Waals surface area contributed by atoms with E-state index in [2.05, 4.69) is 29.1 Å². The van der Waals surface area contributed by atoms with E-state index in [9.17, 15) is 4.39 Å². The number of nitrogens with zero attached hydrogens (tertiary/aromatic N) is 2. The van der Waals surface area contributed by atoms with Crippen molar-refractivity contribution in [2.45, 2.75) is 27.3 Å². The van der Waals surface area contributed by atoms with Crippen molar-refractivity contribution in [3.63, 3.8) is 0 Å². The van der Waals surface area contributed by atoms with Gasteiger partial charge in [-0.3, -0.25) is 0 Å². The molecule has 1 aromatic carbocycles. The molecule has 0 atom stereocenters. The third-order valence-electron chi connectivity index (χ3n) is 2.95. The highest BCUT2D eigenvalue weighted by atomic mass is 19.1. The number of ether oxygens (including phenoxy) is 1. The minimum atomic E-state index is -0.300. The zero-order chi connectivity index (χ0) is 15.2. The van der Waals surface area contributed by atoms with E-state index in [1.165, 1.54) is 12.1 Å². The second kappa shape index (κ2) is 7.13. The van der Waals surface area contributed by atoms with Crippen LogP contribution in [0.4, 0.5) is 4.39 Å². The van der Waals surface area contributed by atoms with Crippen LogP contribution in [0.25, 0.3) is 0 Å². The summed E-state index contributed by atoms with van der Waals surface area (Å²) in [7, 11) is 0. The molecule has 5 heteroatoms. The zero-order valence-electron chi connectivity index (χ0n) is 12.6. The highest BCUT2D eigenvalue weighted by molar-refractivity contribution is 5.26. The molecule has 0 spiro atoms. The largest absolute Gasteiger partial charge is 0.424 e. The molecule has 0 aliphatic rings. The third-order valence-corrected chi connectivity index (χ3v) is 2.95. The van der Waals surface area contributed by atoms with E-state index < -0.39 is 0 Å². The first kappa shape index (κ1) is 15.4. The van der Waals surface area contributed by atoms with Crippen LogP contribution in [-0.4, -0.2) is 16.5 Å². The summed E-state index contributed by atoms with van der Waals surface area (Å²) < 4.78 is 18.3. The van der Waals surface area contributed by atoms with Crippen molar-refractivity contribution in [3.05, 3.63) is 47.5 Å². The molecule has 0 radical (unpaired) electrons. The summed E-state index contributed by atoms with van der Waals surface area (Å²) >= 11 is 0. The van der Waals surface area contributed by atoms with Crippen molar-refractivity contribution in [2.75, 3.05) is 6.54 Å². The lowest BCUT2D eigenvalue weighted by molar-refractivity contribution is 0.437. The summed E-state index contributed by atoms with van der Waals surface area (Å²) in [6.07, 6.45) is 1.76. The molecule has 1 heterocycles. The molecular formula is C16H20FN3O. The summed E-state index contributed by atoms with van der Waals surface area (Å²) in [6, 6.07) is 6.04. The quantitative estimate of drug-likeness (QED) is 0.884. The average Bonchev–Trinajstić information content (AvgIpc) is 2.43. The Morgan fingerprint density at radius 3 is 2.57 bits per heavy atom. The minimum absolute atomic E-state index is 0.270. The number of nitrogens with one attached hydrogen (secondary N) is 1. The Labute approximate surface area is 124 Å². The number of halogens is 1. The van der Waals surface area contributed by atoms with Crippen LogP contribution in [-0.2, 0) is 6.54 Å². The van der Waals surface area contributed by atoms with Gasteiger partial charge in [-0.1, -0.05) is 13.8 Å². The van der Waals surface area contributed by atoms with Crippen LogP contribution in [0, 0.1) is 18.7 Å². The summed E-state index contributed by atoms with van der Waals surface area (Å²) in [5.41, 5.74) is 1.92. The Bertz CT molecular complexity index is 585. The van der Waals surface area contributed by atoms with Crippen LogP contribution >= 0.6 is 0 Å². The number of aromatic nitrogens is 2. The van der Waals surface area contributed by atoms with Crippen LogP contribution < -0.4 is 10.1 Å². The molecule has 0 amide bonds. The van der Waals surface area contributed by atoms with Crippen LogP contribution in [0.2, 0.25) is 0 Å². The SMILES string of the molecule is Cc1nc(Oc2ccc(F)cc2)ncc1CNCC(C)C. The van der Waals surface area contributed by atoms with Gasteiger partial charge in [0, 0.05) is 24.0 Å². The second-order valence-electron chi connectivity index (χ2n) is 5.34. The van der Waals surface area contributed by atoms with Crippen LogP contribution in [0.1, 0.15) is 25.1 Å². The fraction of sp³-hybridized carbons (Fsp3) is 0.375. The van der Waals surface area contributed by atoms with Gasteiger partial charge in [-0.15, -0.1) is 0 Å². The highest BCUT2D eigenvalue weighted by Gasteiger charge is 2.06. The molecule has 112 valence electrons. The van der Waals surface area contributed by atoms with E-state index in [-0.39, 0.29) is 11.8 Å². The van der Waals surface area contributed by atoms with E-state index in [0.29, 0.717) is 11.7 Å². The van der Waals surface area contributed by atoms with Crippen molar-refractivity contribution in [1.82, 2.24) is 15.3 Å². The van der Waals surface area contributed by atoms with Gasteiger partial charge < -0.3 is 10.1 Å². The first-order valence-electron chi connectivity index (χ1n) is 7.01. The van der Waals surface area contributed by atoms with Crippen LogP contribution in [0.15, 0.2) is 30.5 Å². The molecule has 0 unspecified atom stereocenters. The van der Waals surface area contributed by atoms with Gasteiger partial charge in [0.25, 0.3) is 0 Å². The maximum absolute atomic E-state index is 12.8. The number of aryl methyl sites for hydroxylation is 1. The molecule has 0 bridgehead atoms. The topological polar surface area (TPSA) is 47.0 Å². The van der Waals surface area contributed by atoms with E-state index in [0.717, 1.165) is 24.3 Å². The van der Waals surface area contributed by atoms with Crippen molar-refractivity contribution >= 4 is 0 Å². The van der Waals surface area contributed by atoms with Gasteiger partial charge in [0.1, 0.15) is 11.6 Å². The molecule has 1 aromatic heterocycles. The molecule has 0 saturated carbocycles. The molecule has 0 saturated heterocycles. The van der Waals surface area contributed by atoms with E-state index in [1.807, 2.05) is 6.92 Å². The maximum atomic E-state index is 12.8. The Morgan fingerprint density at radius 1 is 1.24 bits per heavy atom. The van der Waals surface area contributed by atoms with E-state index in [4.69, 9.17) is 4.74 Å². The van der Waals surface area contributed by atoms with Crippen molar-refractivity contribution in [3.8, 4) is 11.8 Å². The summed E-state index contributed by atoms with van der Waals surface area (Å²) in [6.45, 7) is 7.94. The highest BCUT2D eigenvalue weighted by Crippen LogP contribution is 2.18. The fourth-order valence-electron chi connectivity index (χ4n) is 1.80. The summed E-state index contributed by atoms with van der Waals surface area (Å²) in [5.74, 6) is 0.819. The van der Waals surface area contributed by atoms with Gasteiger partial charge in [0.15, 0.2) is 0 Å². The first-order valence-corrected chi connectivity index (χ1v) is 7.01. The van der Waals surface area contributed by atoms with Crippen molar-refractivity contribution in [1.29, 1.82) is 0 Å². The molecule has 0 fully saturated rings. The Hall–Kier alpha value is -2.01. The lowest BCUT2D eigenvalue weighted by Crippen LogP contribution is -2.20.